The highest BCUT2D eigenvalue weighted by molar-refractivity contribution is 5.72. The first-order chi connectivity index (χ1) is 14.2. The third kappa shape index (κ3) is 18.7. The standard InChI is InChI=1S/C25H48O4/c1-4-7-21-28-24(26)20-18-16-14-12-10-9-11-13-15-17-19-23(6-3)25(27)29-22-8-5-2/h23H,4-22H2,1-3H3. The van der Waals surface area contributed by atoms with E-state index in [0.29, 0.717) is 19.6 Å². The summed E-state index contributed by atoms with van der Waals surface area (Å²) < 4.78 is 10.5. The molecule has 0 aromatic heterocycles. The molecule has 0 aromatic rings. The number of carbonyl (C=O) groups is 2. The Kier molecular flexibility index (Phi) is 20.9. The average Bonchev–Trinajstić information content (AvgIpc) is 2.71. The van der Waals surface area contributed by atoms with Crippen LogP contribution in [-0.4, -0.2) is 25.2 Å². The number of carbonyl (C=O) groups excluding carboxylic acids is 2. The van der Waals surface area contributed by atoms with Crippen LogP contribution in [-0.2, 0) is 19.1 Å². The van der Waals surface area contributed by atoms with Crippen LogP contribution in [0.15, 0.2) is 0 Å². The van der Waals surface area contributed by atoms with Crippen molar-refractivity contribution in [1.82, 2.24) is 0 Å². The SMILES string of the molecule is CCCCOC(=O)CCCCCCCCCCCCC(CC)C(=O)OCCCC. The summed E-state index contributed by atoms with van der Waals surface area (Å²) in [6.45, 7) is 7.45. The van der Waals surface area contributed by atoms with Gasteiger partial charge in [0.25, 0.3) is 0 Å². The largest absolute Gasteiger partial charge is 0.466 e. The van der Waals surface area contributed by atoms with Crippen molar-refractivity contribution in [3.63, 3.8) is 0 Å². The molecule has 1 unspecified atom stereocenters. The molecule has 0 radical (unpaired) electrons. The smallest absolute Gasteiger partial charge is 0.308 e. The van der Waals surface area contributed by atoms with E-state index in [1.165, 1.54) is 44.9 Å². The van der Waals surface area contributed by atoms with Crippen LogP contribution < -0.4 is 0 Å². The second-order valence-electron chi connectivity index (χ2n) is 8.27. The van der Waals surface area contributed by atoms with Gasteiger partial charge in [0, 0.05) is 6.42 Å². The zero-order valence-corrected chi connectivity index (χ0v) is 19.6. The van der Waals surface area contributed by atoms with E-state index in [2.05, 4.69) is 20.8 Å². The summed E-state index contributed by atoms with van der Waals surface area (Å²) in [4.78, 5) is 23.5. The minimum Gasteiger partial charge on any atom is -0.466 e. The lowest BCUT2D eigenvalue weighted by molar-refractivity contribution is -0.149. The molecule has 1 atom stereocenters. The van der Waals surface area contributed by atoms with Gasteiger partial charge in [-0.3, -0.25) is 9.59 Å². The van der Waals surface area contributed by atoms with Crippen LogP contribution in [0.25, 0.3) is 0 Å². The van der Waals surface area contributed by atoms with E-state index >= 15 is 0 Å². The van der Waals surface area contributed by atoms with Crippen molar-refractivity contribution in [1.29, 1.82) is 0 Å². The molecule has 0 aliphatic carbocycles. The molecule has 0 fully saturated rings. The molecule has 0 aliphatic rings. The minimum atomic E-state index is -0.0296. The normalized spacial score (nSPS) is 12.0. The van der Waals surface area contributed by atoms with Gasteiger partial charge in [-0.1, -0.05) is 91.4 Å². The Morgan fingerprint density at radius 1 is 0.621 bits per heavy atom. The van der Waals surface area contributed by atoms with Gasteiger partial charge in [0.1, 0.15) is 0 Å². The summed E-state index contributed by atoms with van der Waals surface area (Å²) >= 11 is 0. The molecule has 0 saturated carbocycles. The summed E-state index contributed by atoms with van der Waals surface area (Å²) in [6.07, 6.45) is 18.6. The summed E-state index contributed by atoms with van der Waals surface area (Å²) in [6, 6.07) is 0. The number of esters is 2. The van der Waals surface area contributed by atoms with Crippen LogP contribution in [0.2, 0.25) is 0 Å². The molecule has 4 heteroatoms. The highest BCUT2D eigenvalue weighted by Crippen LogP contribution is 2.17. The Labute approximate surface area is 180 Å². The fourth-order valence-corrected chi connectivity index (χ4v) is 3.40. The molecule has 0 amide bonds. The molecule has 0 rings (SSSR count). The van der Waals surface area contributed by atoms with Gasteiger partial charge >= 0.3 is 11.9 Å². The molecule has 0 aliphatic heterocycles. The van der Waals surface area contributed by atoms with Crippen LogP contribution >= 0.6 is 0 Å². The Hall–Kier alpha value is -1.06. The highest BCUT2D eigenvalue weighted by Gasteiger charge is 2.17. The number of hydrogen-bond donors (Lipinski definition) is 0. The van der Waals surface area contributed by atoms with Crippen LogP contribution in [0.3, 0.4) is 0 Å². The lowest BCUT2D eigenvalue weighted by atomic mass is 9.97. The summed E-state index contributed by atoms with van der Waals surface area (Å²) in [5.74, 6) is 0.0731. The van der Waals surface area contributed by atoms with E-state index in [1.807, 2.05) is 0 Å². The third-order valence-corrected chi connectivity index (χ3v) is 5.51. The summed E-state index contributed by atoms with van der Waals surface area (Å²) in [5, 5.41) is 0. The maximum absolute atomic E-state index is 12.0. The van der Waals surface area contributed by atoms with Gasteiger partial charge in [0.15, 0.2) is 0 Å². The highest BCUT2D eigenvalue weighted by atomic mass is 16.5. The van der Waals surface area contributed by atoms with Crippen molar-refractivity contribution in [2.24, 2.45) is 5.92 Å². The molecular weight excluding hydrogens is 364 g/mol. The summed E-state index contributed by atoms with van der Waals surface area (Å²) in [5.41, 5.74) is 0. The molecule has 0 aromatic carbocycles. The molecule has 4 nitrogen and oxygen atoms in total. The molecule has 172 valence electrons. The maximum atomic E-state index is 12.0. The van der Waals surface area contributed by atoms with Crippen LogP contribution in [0.1, 0.15) is 130 Å². The first kappa shape index (κ1) is 27.9. The Morgan fingerprint density at radius 3 is 1.62 bits per heavy atom. The second-order valence-corrected chi connectivity index (χ2v) is 8.27. The van der Waals surface area contributed by atoms with Crippen LogP contribution in [0.4, 0.5) is 0 Å². The van der Waals surface area contributed by atoms with E-state index in [-0.39, 0.29) is 17.9 Å². The number of rotatable bonds is 21. The molecule has 0 saturated heterocycles. The molecule has 0 spiro atoms. The van der Waals surface area contributed by atoms with Gasteiger partial charge in [-0.15, -0.1) is 0 Å². The lowest BCUT2D eigenvalue weighted by Crippen LogP contribution is -2.17. The topological polar surface area (TPSA) is 52.6 Å². The Balaban J connectivity index is 3.39. The second kappa shape index (κ2) is 21.6. The van der Waals surface area contributed by atoms with Crippen LogP contribution in [0, 0.1) is 5.92 Å². The van der Waals surface area contributed by atoms with Gasteiger partial charge < -0.3 is 9.47 Å². The van der Waals surface area contributed by atoms with Gasteiger partial charge in [-0.2, -0.15) is 0 Å². The number of unbranched alkanes of at least 4 members (excludes halogenated alkanes) is 11. The van der Waals surface area contributed by atoms with Gasteiger partial charge in [0.05, 0.1) is 19.1 Å². The van der Waals surface area contributed by atoms with Crippen molar-refractivity contribution in [3.8, 4) is 0 Å². The minimum absolute atomic E-state index is 0.00942. The molecular formula is C25H48O4. The fourth-order valence-electron chi connectivity index (χ4n) is 3.40. The van der Waals surface area contributed by atoms with Crippen molar-refractivity contribution in [3.05, 3.63) is 0 Å². The van der Waals surface area contributed by atoms with E-state index in [0.717, 1.165) is 57.8 Å². The predicted octanol–water partition coefficient (Wildman–Crippen LogP) is 7.38. The number of hydrogen-bond acceptors (Lipinski definition) is 4. The Bertz CT molecular complexity index is 381. The molecule has 29 heavy (non-hydrogen) atoms. The average molecular weight is 413 g/mol. The van der Waals surface area contributed by atoms with Crippen molar-refractivity contribution >= 4 is 11.9 Å². The van der Waals surface area contributed by atoms with Crippen molar-refractivity contribution in [2.75, 3.05) is 13.2 Å². The monoisotopic (exact) mass is 412 g/mol. The molecule has 0 bridgehead atoms. The number of ether oxygens (including phenoxy) is 2. The first-order valence-electron chi connectivity index (χ1n) is 12.5. The molecule has 0 N–H and O–H groups in total. The lowest BCUT2D eigenvalue weighted by Gasteiger charge is -2.13. The first-order valence-corrected chi connectivity index (χ1v) is 12.5. The van der Waals surface area contributed by atoms with E-state index in [4.69, 9.17) is 9.47 Å². The maximum Gasteiger partial charge on any atom is 0.308 e. The van der Waals surface area contributed by atoms with Gasteiger partial charge in [0.2, 0.25) is 0 Å². The van der Waals surface area contributed by atoms with Gasteiger partial charge in [-0.25, -0.2) is 0 Å². The van der Waals surface area contributed by atoms with Crippen LogP contribution in [0.5, 0.6) is 0 Å². The zero-order valence-electron chi connectivity index (χ0n) is 19.6. The van der Waals surface area contributed by atoms with E-state index < -0.39 is 0 Å². The third-order valence-electron chi connectivity index (χ3n) is 5.51. The zero-order chi connectivity index (χ0) is 21.6. The fraction of sp³-hybridized carbons (Fsp3) is 0.920. The Morgan fingerprint density at radius 2 is 1.10 bits per heavy atom. The van der Waals surface area contributed by atoms with Gasteiger partial charge in [-0.05, 0) is 32.1 Å². The van der Waals surface area contributed by atoms with Crippen molar-refractivity contribution in [2.45, 2.75) is 130 Å². The quantitative estimate of drug-likeness (QED) is 0.146. The van der Waals surface area contributed by atoms with Crippen molar-refractivity contribution < 1.29 is 19.1 Å². The van der Waals surface area contributed by atoms with E-state index in [9.17, 15) is 9.59 Å². The predicted molar refractivity (Wildman–Crippen MR) is 121 cm³/mol. The molecule has 0 heterocycles. The van der Waals surface area contributed by atoms with E-state index in [1.54, 1.807) is 0 Å². The summed E-state index contributed by atoms with van der Waals surface area (Å²) in [7, 11) is 0.